The number of nitrogens with one attached hydrogen (secondary N) is 1. The first-order valence-electron chi connectivity index (χ1n) is 5.87. The predicted molar refractivity (Wildman–Crippen MR) is 65.7 cm³/mol. The number of fused-ring (bicyclic) bond motifs is 1. The van der Waals surface area contributed by atoms with Crippen LogP contribution in [0.15, 0.2) is 17.1 Å². The first kappa shape index (κ1) is 12.3. The second-order valence-corrected chi connectivity index (χ2v) is 5.49. The van der Waals surface area contributed by atoms with Gasteiger partial charge in [-0.1, -0.05) is 0 Å². The van der Waals surface area contributed by atoms with Crippen LogP contribution in [0.2, 0.25) is 0 Å². The van der Waals surface area contributed by atoms with Crippen molar-refractivity contribution >= 4 is 25.8 Å². The van der Waals surface area contributed by atoms with Gasteiger partial charge in [0.05, 0.1) is 0 Å². The third kappa shape index (κ3) is 2.25. The molecule has 4 heteroatoms. The zero-order valence-electron chi connectivity index (χ0n) is 9.62. The van der Waals surface area contributed by atoms with Crippen LogP contribution < -0.4 is 5.43 Å². The van der Waals surface area contributed by atoms with Gasteiger partial charge in [0.2, 0.25) is 0 Å². The van der Waals surface area contributed by atoms with E-state index in [0.29, 0.717) is 6.04 Å². The van der Waals surface area contributed by atoms with Crippen molar-refractivity contribution in [2.24, 2.45) is 0 Å². The molecule has 1 aliphatic heterocycles. The molecule has 0 amide bonds. The molecule has 0 aliphatic carbocycles. The molecule has 1 aliphatic rings. The molecule has 1 unspecified atom stereocenters. The van der Waals surface area contributed by atoms with Crippen LogP contribution in [0.4, 0.5) is 0 Å². The zero-order valence-corrected chi connectivity index (χ0v) is 13.5. The summed E-state index contributed by atoms with van der Waals surface area (Å²) in [6.45, 7) is 3.29. The van der Waals surface area contributed by atoms with Gasteiger partial charge in [0.25, 0.3) is 0 Å². The standard InChI is InChI=1S/C12H17N2O.Pb/c1-3-4-10-12-9(6-8-14(10)2)13-7-5-11(12)15;/h5,7,10H,2-4,6,8H2,1H3,(H,13,15);. The third-order valence-corrected chi connectivity index (χ3v) is 4.85. The summed E-state index contributed by atoms with van der Waals surface area (Å²) < 4.78 is 1.17. The third-order valence-electron chi connectivity index (χ3n) is 3.27. The SMILES string of the molecule is CCCC1c2c([nH]ccc2=O)CCN1[CH2][Pb]. The van der Waals surface area contributed by atoms with Crippen molar-refractivity contribution in [3.05, 3.63) is 33.7 Å². The Kier molecular flexibility index (Phi) is 4.18. The maximum absolute atomic E-state index is 12.0. The Balaban J connectivity index is 2.43. The van der Waals surface area contributed by atoms with Crippen molar-refractivity contribution in [3.8, 4) is 0 Å². The van der Waals surface area contributed by atoms with Crippen LogP contribution in [-0.4, -0.2) is 46.3 Å². The molecule has 3 nitrogen and oxygen atoms in total. The molecular formula is C12H17N2OPb. The molecule has 1 N–H and O–H groups in total. The molecule has 1 atom stereocenters. The Morgan fingerprint density at radius 2 is 2.44 bits per heavy atom. The fraction of sp³-hybridized carbons (Fsp3) is 0.583. The second kappa shape index (κ2) is 5.44. The normalized spacial score (nSPS) is 20.8. The first-order valence-corrected chi connectivity index (χ1v) is 8.62. The van der Waals surface area contributed by atoms with Gasteiger partial charge in [0.1, 0.15) is 0 Å². The Morgan fingerprint density at radius 3 is 3.12 bits per heavy atom. The summed E-state index contributed by atoms with van der Waals surface area (Å²) in [5.41, 5.74) is 2.41. The van der Waals surface area contributed by atoms with Crippen LogP contribution >= 0.6 is 0 Å². The quantitative estimate of drug-likeness (QED) is 0.758. The molecule has 1 aromatic heterocycles. The van der Waals surface area contributed by atoms with E-state index in [-0.39, 0.29) is 5.43 Å². The van der Waals surface area contributed by atoms with E-state index in [1.807, 2.05) is 0 Å². The van der Waals surface area contributed by atoms with Gasteiger partial charge in [0.15, 0.2) is 0 Å². The predicted octanol–water partition coefficient (Wildman–Crippen LogP) is 1.20. The van der Waals surface area contributed by atoms with E-state index in [1.165, 1.54) is 29.9 Å². The summed E-state index contributed by atoms with van der Waals surface area (Å²) in [6.07, 6.45) is 5.01. The van der Waals surface area contributed by atoms with E-state index < -0.39 is 0 Å². The molecular weight excluding hydrogens is 395 g/mol. The minimum absolute atomic E-state index is 0.215. The molecule has 0 fully saturated rings. The number of aromatic amines is 1. The van der Waals surface area contributed by atoms with Gasteiger partial charge in [0, 0.05) is 0 Å². The Morgan fingerprint density at radius 1 is 1.62 bits per heavy atom. The molecule has 0 saturated heterocycles. The van der Waals surface area contributed by atoms with Crippen LogP contribution in [0.3, 0.4) is 0 Å². The summed E-state index contributed by atoms with van der Waals surface area (Å²) in [6, 6.07) is 2.02. The van der Waals surface area contributed by atoms with Crippen molar-refractivity contribution < 1.29 is 0 Å². The van der Waals surface area contributed by atoms with Crippen LogP contribution in [0.25, 0.3) is 0 Å². The molecule has 0 bridgehead atoms. The zero-order chi connectivity index (χ0) is 11.5. The van der Waals surface area contributed by atoms with Crippen LogP contribution in [-0.2, 0) is 6.42 Å². The van der Waals surface area contributed by atoms with E-state index in [9.17, 15) is 4.79 Å². The Bertz CT molecular complexity index is 416. The Hall–Kier alpha value is -0.168. The molecule has 1 aromatic rings. The average Bonchev–Trinajstić information content (AvgIpc) is 2.30. The summed E-state index contributed by atoms with van der Waals surface area (Å²) in [5.74, 6) is 0. The number of pyridine rings is 1. The number of aromatic nitrogens is 1. The molecule has 16 heavy (non-hydrogen) atoms. The van der Waals surface area contributed by atoms with Crippen LogP contribution in [0.1, 0.15) is 37.1 Å². The van der Waals surface area contributed by atoms with Gasteiger partial charge in [-0.15, -0.1) is 0 Å². The molecule has 2 heterocycles. The van der Waals surface area contributed by atoms with E-state index in [4.69, 9.17) is 0 Å². The molecule has 0 saturated carbocycles. The van der Waals surface area contributed by atoms with Gasteiger partial charge < -0.3 is 0 Å². The van der Waals surface area contributed by atoms with E-state index in [0.717, 1.165) is 37.1 Å². The van der Waals surface area contributed by atoms with E-state index in [2.05, 4.69) is 16.8 Å². The van der Waals surface area contributed by atoms with Gasteiger partial charge in [-0.2, -0.15) is 0 Å². The molecule has 85 valence electrons. The van der Waals surface area contributed by atoms with E-state index >= 15 is 0 Å². The monoisotopic (exact) mass is 413 g/mol. The van der Waals surface area contributed by atoms with Crippen molar-refractivity contribution in [1.82, 2.24) is 9.88 Å². The topological polar surface area (TPSA) is 36.1 Å². The number of rotatable bonds is 3. The van der Waals surface area contributed by atoms with Crippen molar-refractivity contribution in [2.75, 3.05) is 10.6 Å². The van der Waals surface area contributed by atoms with Crippen molar-refractivity contribution in [3.63, 3.8) is 0 Å². The van der Waals surface area contributed by atoms with Gasteiger partial charge in [-0.25, -0.2) is 0 Å². The number of hydrogen-bond donors (Lipinski definition) is 1. The van der Waals surface area contributed by atoms with Crippen molar-refractivity contribution in [2.45, 2.75) is 32.2 Å². The van der Waals surface area contributed by atoms with Crippen molar-refractivity contribution in [1.29, 1.82) is 0 Å². The second-order valence-electron chi connectivity index (χ2n) is 4.26. The summed E-state index contributed by atoms with van der Waals surface area (Å²) in [4.78, 5) is 17.7. The average molecular weight is 412 g/mol. The molecule has 0 spiro atoms. The van der Waals surface area contributed by atoms with Crippen LogP contribution in [0, 0.1) is 0 Å². The fourth-order valence-corrected chi connectivity index (χ4v) is 3.96. The molecule has 3 radical (unpaired) electrons. The minimum atomic E-state index is 0.215. The Labute approximate surface area is 112 Å². The summed E-state index contributed by atoms with van der Waals surface area (Å²) >= 11 is 1.18. The van der Waals surface area contributed by atoms with E-state index in [1.54, 1.807) is 12.3 Å². The molecule has 0 aromatic carbocycles. The first-order chi connectivity index (χ1) is 7.77. The fourth-order valence-electron chi connectivity index (χ4n) is 2.49. The maximum atomic E-state index is 12.0. The van der Waals surface area contributed by atoms with Gasteiger partial charge >= 0.3 is 112 Å². The number of nitrogens with zero attached hydrogens (tertiary/aromatic N) is 1. The van der Waals surface area contributed by atoms with Gasteiger partial charge in [-0.3, -0.25) is 0 Å². The number of H-pyrrole nitrogens is 1. The molecule has 2 rings (SSSR count). The summed E-state index contributed by atoms with van der Waals surface area (Å²) in [5, 5.41) is 0. The summed E-state index contributed by atoms with van der Waals surface area (Å²) in [7, 11) is 0. The number of hydrogen-bond acceptors (Lipinski definition) is 2. The van der Waals surface area contributed by atoms with Gasteiger partial charge in [-0.05, 0) is 0 Å². The van der Waals surface area contributed by atoms with Crippen LogP contribution in [0.5, 0.6) is 0 Å².